The Morgan fingerprint density at radius 1 is 1.38 bits per heavy atom. The Morgan fingerprint density at radius 2 is 2.23 bits per heavy atom. The first-order valence-corrected chi connectivity index (χ1v) is 5.16. The van der Waals surface area contributed by atoms with Crippen LogP contribution in [0.15, 0.2) is 5.38 Å². The van der Waals surface area contributed by atoms with Gasteiger partial charge in [-0.25, -0.2) is 4.98 Å². The molecule has 4 heteroatoms. The van der Waals surface area contributed by atoms with Crippen molar-refractivity contribution in [1.29, 1.82) is 0 Å². The van der Waals surface area contributed by atoms with E-state index < -0.39 is 0 Å². The first kappa shape index (κ1) is 10.6. The number of hydrogen-bond acceptors (Lipinski definition) is 4. The van der Waals surface area contributed by atoms with Crippen LogP contribution in [-0.2, 0) is 22.5 Å². The largest absolute Gasteiger partial charge is 0.385 e. The summed E-state index contributed by atoms with van der Waals surface area (Å²) in [6, 6.07) is 0. The second-order valence-electron chi connectivity index (χ2n) is 2.76. The van der Waals surface area contributed by atoms with Crippen LogP contribution in [0.3, 0.4) is 0 Å². The summed E-state index contributed by atoms with van der Waals surface area (Å²) < 4.78 is 9.96. The van der Waals surface area contributed by atoms with E-state index in [0.29, 0.717) is 6.61 Å². The minimum Gasteiger partial charge on any atom is -0.385 e. The second-order valence-corrected chi connectivity index (χ2v) is 3.70. The van der Waals surface area contributed by atoms with Crippen molar-refractivity contribution in [3.05, 3.63) is 16.1 Å². The zero-order valence-corrected chi connectivity index (χ0v) is 8.89. The van der Waals surface area contributed by atoms with Gasteiger partial charge < -0.3 is 9.47 Å². The average molecular weight is 201 g/mol. The highest BCUT2D eigenvalue weighted by Crippen LogP contribution is 2.12. The molecule has 0 spiro atoms. The van der Waals surface area contributed by atoms with E-state index in [2.05, 4.69) is 4.98 Å². The fourth-order valence-electron chi connectivity index (χ4n) is 1.05. The molecule has 74 valence electrons. The van der Waals surface area contributed by atoms with Gasteiger partial charge in [0.1, 0.15) is 0 Å². The van der Waals surface area contributed by atoms with Crippen LogP contribution in [0.5, 0.6) is 0 Å². The molecule has 0 aliphatic carbocycles. The van der Waals surface area contributed by atoms with Crippen molar-refractivity contribution >= 4 is 11.3 Å². The van der Waals surface area contributed by atoms with Gasteiger partial charge in [-0.2, -0.15) is 0 Å². The lowest BCUT2D eigenvalue weighted by molar-refractivity contribution is 0.181. The van der Waals surface area contributed by atoms with Crippen LogP contribution in [0.25, 0.3) is 0 Å². The van der Waals surface area contributed by atoms with Crippen LogP contribution in [0, 0.1) is 0 Å². The Balaban J connectivity index is 2.31. The van der Waals surface area contributed by atoms with E-state index in [9.17, 15) is 0 Å². The Labute approximate surface area is 82.7 Å². The topological polar surface area (TPSA) is 31.4 Å². The molecular weight excluding hydrogens is 186 g/mol. The number of aryl methyl sites for hydroxylation is 1. The van der Waals surface area contributed by atoms with Gasteiger partial charge in [-0.15, -0.1) is 11.3 Å². The highest BCUT2D eigenvalue weighted by Gasteiger charge is 2.00. The summed E-state index contributed by atoms with van der Waals surface area (Å²) in [7, 11) is 3.40. The van der Waals surface area contributed by atoms with E-state index in [1.165, 1.54) is 5.01 Å². The van der Waals surface area contributed by atoms with Gasteiger partial charge in [0.05, 0.1) is 17.3 Å². The maximum Gasteiger partial charge on any atom is 0.0930 e. The van der Waals surface area contributed by atoms with Gasteiger partial charge >= 0.3 is 0 Å². The van der Waals surface area contributed by atoms with Gasteiger partial charge in [0.15, 0.2) is 0 Å². The summed E-state index contributed by atoms with van der Waals surface area (Å²) in [5.74, 6) is 0. The van der Waals surface area contributed by atoms with Crippen molar-refractivity contribution in [1.82, 2.24) is 4.98 Å². The fourth-order valence-corrected chi connectivity index (χ4v) is 1.87. The van der Waals surface area contributed by atoms with Crippen molar-refractivity contribution in [2.45, 2.75) is 19.4 Å². The molecule has 0 aliphatic rings. The molecule has 1 aromatic heterocycles. The van der Waals surface area contributed by atoms with Crippen LogP contribution >= 0.6 is 11.3 Å². The van der Waals surface area contributed by atoms with Gasteiger partial charge in [0, 0.05) is 32.6 Å². The maximum atomic E-state index is 4.99. The molecule has 1 rings (SSSR count). The number of nitrogens with zero attached hydrogens (tertiary/aromatic N) is 1. The fraction of sp³-hybridized carbons (Fsp3) is 0.667. The van der Waals surface area contributed by atoms with Crippen molar-refractivity contribution in [3.63, 3.8) is 0 Å². The van der Waals surface area contributed by atoms with Crippen LogP contribution in [-0.4, -0.2) is 25.8 Å². The third kappa shape index (κ3) is 3.85. The van der Waals surface area contributed by atoms with Gasteiger partial charge in [0.2, 0.25) is 0 Å². The molecular formula is C9H15NO2S. The van der Waals surface area contributed by atoms with Gasteiger partial charge in [-0.05, 0) is 6.42 Å². The summed E-state index contributed by atoms with van der Waals surface area (Å²) in [6.45, 7) is 1.42. The molecule has 0 amide bonds. The third-order valence-electron chi connectivity index (χ3n) is 1.63. The Bertz CT molecular complexity index is 237. The molecule has 0 aliphatic heterocycles. The Hall–Kier alpha value is -0.450. The molecule has 0 aromatic carbocycles. The van der Waals surface area contributed by atoms with E-state index in [0.717, 1.165) is 25.1 Å². The quantitative estimate of drug-likeness (QED) is 0.658. The Morgan fingerprint density at radius 3 is 2.92 bits per heavy atom. The minimum atomic E-state index is 0.612. The van der Waals surface area contributed by atoms with Gasteiger partial charge in [-0.3, -0.25) is 0 Å². The second kappa shape index (κ2) is 6.07. The lowest BCUT2D eigenvalue weighted by atomic mass is 10.3. The predicted molar refractivity (Wildman–Crippen MR) is 53.0 cm³/mol. The van der Waals surface area contributed by atoms with Crippen LogP contribution < -0.4 is 0 Å². The van der Waals surface area contributed by atoms with E-state index >= 15 is 0 Å². The number of hydrogen-bond donors (Lipinski definition) is 0. The number of aromatic nitrogens is 1. The number of ether oxygens (including phenoxy) is 2. The summed E-state index contributed by atoms with van der Waals surface area (Å²) in [6.07, 6.45) is 2.04. The van der Waals surface area contributed by atoms with Gasteiger partial charge in [-0.1, -0.05) is 0 Å². The van der Waals surface area contributed by atoms with E-state index in [-0.39, 0.29) is 0 Å². The molecule has 0 bridgehead atoms. The standard InChI is InChI=1S/C9H15NO2S/c1-11-5-3-4-9-10-8(6-12-2)7-13-9/h7H,3-6H2,1-2H3. The Kier molecular flexibility index (Phi) is 4.97. The molecule has 13 heavy (non-hydrogen) atoms. The zero-order valence-electron chi connectivity index (χ0n) is 8.08. The number of rotatable bonds is 6. The molecule has 1 heterocycles. The first-order valence-electron chi connectivity index (χ1n) is 4.28. The molecule has 0 unspecified atom stereocenters. The smallest absolute Gasteiger partial charge is 0.0930 e. The SMILES string of the molecule is COCCCc1nc(COC)cs1. The summed E-state index contributed by atoms with van der Waals surface area (Å²) >= 11 is 1.69. The molecule has 0 saturated heterocycles. The lowest BCUT2D eigenvalue weighted by Gasteiger charge is -1.95. The monoisotopic (exact) mass is 201 g/mol. The maximum absolute atomic E-state index is 4.99. The highest BCUT2D eigenvalue weighted by molar-refractivity contribution is 7.09. The zero-order chi connectivity index (χ0) is 9.52. The molecule has 0 atom stereocenters. The summed E-state index contributed by atoms with van der Waals surface area (Å²) in [4.78, 5) is 4.41. The van der Waals surface area contributed by atoms with Gasteiger partial charge in [0.25, 0.3) is 0 Å². The summed E-state index contributed by atoms with van der Waals surface area (Å²) in [5, 5.41) is 3.22. The number of thiazole rings is 1. The van der Waals surface area contributed by atoms with E-state index in [4.69, 9.17) is 9.47 Å². The van der Waals surface area contributed by atoms with E-state index in [1.807, 2.05) is 5.38 Å². The van der Waals surface area contributed by atoms with Crippen LogP contribution in [0.1, 0.15) is 17.1 Å². The van der Waals surface area contributed by atoms with Crippen molar-refractivity contribution in [2.24, 2.45) is 0 Å². The minimum absolute atomic E-state index is 0.612. The predicted octanol–water partition coefficient (Wildman–Crippen LogP) is 1.87. The van der Waals surface area contributed by atoms with Crippen molar-refractivity contribution in [3.8, 4) is 0 Å². The number of methoxy groups -OCH3 is 2. The van der Waals surface area contributed by atoms with Crippen LogP contribution in [0.2, 0.25) is 0 Å². The highest BCUT2D eigenvalue weighted by atomic mass is 32.1. The molecule has 0 N–H and O–H groups in total. The normalized spacial score (nSPS) is 10.6. The summed E-state index contributed by atoms with van der Waals surface area (Å²) in [5.41, 5.74) is 1.03. The van der Waals surface area contributed by atoms with Crippen molar-refractivity contribution < 1.29 is 9.47 Å². The average Bonchev–Trinajstić information content (AvgIpc) is 2.54. The first-order chi connectivity index (χ1) is 6.36. The molecule has 0 saturated carbocycles. The molecule has 1 aromatic rings. The van der Waals surface area contributed by atoms with Crippen LogP contribution in [0.4, 0.5) is 0 Å². The molecule has 0 fully saturated rings. The molecule has 0 radical (unpaired) electrons. The van der Waals surface area contributed by atoms with E-state index in [1.54, 1.807) is 25.6 Å². The van der Waals surface area contributed by atoms with Crippen molar-refractivity contribution in [2.75, 3.05) is 20.8 Å². The third-order valence-corrected chi connectivity index (χ3v) is 2.59. The lowest BCUT2D eigenvalue weighted by Crippen LogP contribution is -1.93. The molecule has 3 nitrogen and oxygen atoms in total.